The number of likely N-dealkylation sites (tertiary alicyclic amines) is 1. The molecule has 1 N–H and O–H groups in total. The molecule has 28 heavy (non-hydrogen) atoms. The van der Waals surface area contributed by atoms with Crippen molar-refractivity contribution in [1.29, 1.82) is 0 Å². The van der Waals surface area contributed by atoms with Crippen molar-refractivity contribution in [3.05, 3.63) is 71.0 Å². The minimum atomic E-state index is -0.135. The molecule has 0 bridgehead atoms. The molecular weight excluding hydrogens is 376 g/mol. The van der Waals surface area contributed by atoms with Crippen molar-refractivity contribution in [1.82, 2.24) is 30.4 Å². The summed E-state index contributed by atoms with van der Waals surface area (Å²) in [4.78, 5) is 15.3. The number of halogens is 1. The first-order valence-corrected chi connectivity index (χ1v) is 9.67. The third-order valence-electron chi connectivity index (χ3n) is 4.97. The van der Waals surface area contributed by atoms with Gasteiger partial charge in [0.2, 0.25) is 0 Å². The van der Waals surface area contributed by atoms with Crippen LogP contribution in [0.15, 0.2) is 54.9 Å². The van der Waals surface area contributed by atoms with Crippen molar-refractivity contribution in [2.24, 2.45) is 0 Å². The van der Waals surface area contributed by atoms with Crippen molar-refractivity contribution in [2.45, 2.75) is 25.4 Å². The molecule has 144 valence electrons. The Labute approximate surface area is 168 Å². The zero-order valence-electron chi connectivity index (χ0n) is 15.3. The Morgan fingerprint density at radius 3 is 2.64 bits per heavy atom. The molecule has 1 aromatic heterocycles. The highest BCUT2D eigenvalue weighted by Gasteiger charge is 2.23. The van der Waals surface area contributed by atoms with Gasteiger partial charge in [-0.15, -0.1) is 5.10 Å². The van der Waals surface area contributed by atoms with Gasteiger partial charge in [-0.2, -0.15) is 4.68 Å². The number of carbonyl (C=O) groups is 1. The lowest BCUT2D eigenvalue weighted by Gasteiger charge is -2.32. The van der Waals surface area contributed by atoms with Crippen LogP contribution in [0, 0.1) is 0 Å². The van der Waals surface area contributed by atoms with E-state index >= 15 is 0 Å². The van der Waals surface area contributed by atoms with Gasteiger partial charge in [-0.1, -0.05) is 41.9 Å². The normalized spacial score (nSPS) is 15.5. The van der Waals surface area contributed by atoms with Crippen LogP contribution in [0.25, 0.3) is 5.69 Å². The Balaban J connectivity index is 1.38. The van der Waals surface area contributed by atoms with Crippen LogP contribution in [-0.2, 0) is 6.54 Å². The van der Waals surface area contributed by atoms with Crippen LogP contribution in [0.5, 0.6) is 0 Å². The Kier molecular flexibility index (Phi) is 5.64. The van der Waals surface area contributed by atoms with Gasteiger partial charge in [-0.3, -0.25) is 9.69 Å². The predicted octanol–water partition coefficient (Wildman–Crippen LogP) is 2.71. The molecule has 3 aromatic rings. The first kappa shape index (κ1) is 18.6. The molecule has 7 nitrogen and oxygen atoms in total. The number of amides is 1. The first-order chi connectivity index (χ1) is 13.7. The molecule has 1 saturated heterocycles. The zero-order valence-corrected chi connectivity index (χ0v) is 16.1. The highest BCUT2D eigenvalue weighted by molar-refractivity contribution is 6.31. The third kappa shape index (κ3) is 4.37. The predicted molar refractivity (Wildman–Crippen MR) is 106 cm³/mol. The number of hydrogen-bond donors (Lipinski definition) is 1. The van der Waals surface area contributed by atoms with Crippen molar-refractivity contribution >= 4 is 17.5 Å². The number of rotatable bonds is 5. The summed E-state index contributed by atoms with van der Waals surface area (Å²) < 4.78 is 1.45. The minimum Gasteiger partial charge on any atom is -0.349 e. The average Bonchev–Trinajstić information content (AvgIpc) is 3.25. The maximum atomic E-state index is 12.9. The highest BCUT2D eigenvalue weighted by atomic mass is 35.5. The molecule has 0 aliphatic carbocycles. The van der Waals surface area contributed by atoms with E-state index in [2.05, 4.69) is 50.0 Å². The fraction of sp³-hybridized carbons (Fsp3) is 0.300. The number of tetrazole rings is 1. The second kappa shape index (κ2) is 8.50. The lowest BCUT2D eigenvalue weighted by Crippen LogP contribution is -2.44. The van der Waals surface area contributed by atoms with E-state index in [0.29, 0.717) is 16.3 Å². The molecular formula is C20H21ClN6O. The van der Waals surface area contributed by atoms with Gasteiger partial charge in [-0.25, -0.2) is 0 Å². The quantitative estimate of drug-likeness (QED) is 0.717. The number of hydrogen-bond acceptors (Lipinski definition) is 5. The van der Waals surface area contributed by atoms with Gasteiger partial charge in [0.25, 0.3) is 5.91 Å². The Morgan fingerprint density at radius 1 is 1.14 bits per heavy atom. The molecule has 4 rings (SSSR count). The molecule has 0 saturated carbocycles. The van der Waals surface area contributed by atoms with Crippen LogP contribution in [-0.4, -0.2) is 50.1 Å². The summed E-state index contributed by atoms with van der Waals surface area (Å²) in [5.74, 6) is -0.135. The number of nitrogens with one attached hydrogen (secondary N) is 1. The van der Waals surface area contributed by atoms with Crippen molar-refractivity contribution in [3.63, 3.8) is 0 Å². The van der Waals surface area contributed by atoms with E-state index in [1.807, 2.05) is 6.07 Å². The van der Waals surface area contributed by atoms with Crippen LogP contribution >= 0.6 is 11.6 Å². The molecule has 0 unspecified atom stereocenters. The van der Waals surface area contributed by atoms with Gasteiger partial charge in [0, 0.05) is 30.7 Å². The van der Waals surface area contributed by atoms with Crippen LogP contribution in [0.2, 0.25) is 5.02 Å². The van der Waals surface area contributed by atoms with E-state index in [1.54, 1.807) is 18.2 Å². The average molecular weight is 397 g/mol. The number of benzene rings is 2. The number of piperidine rings is 1. The van der Waals surface area contributed by atoms with Crippen LogP contribution in [0.3, 0.4) is 0 Å². The largest absolute Gasteiger partial charge is 0.349 e. The standard InChI is InChI=1S/C20H21ClN6O/c21-16-6-7-18(19(12-16)27-14-22-24-25-27)20(28)23-17-8-10-26(11-9-17)13-15-4-2-1-3-5-15/h1-7,12,14,17H,8-11,13H2,(H,23,28). The van der Waals surface area contributed by atoms with Crippen LogP contribution in [0.1, 0.15) is 28.8 Å². The Morgan fingerprint density at radius 2 is 1.93 bits per heavy atom. The highest BCUT2D eigenvalue weighted by Crippen LogP contribution is 2.20. The molecule has 2 aromatic carbocycles. The summed E-state index contributed by atoms with van der Waals surface area (Å²) >= 11 is 6.09. The first-order valence-electron chi connectivity index (χ1n) is 9.29. The van der Waals surface area contributed by atoms with Crippen molar-refractivity contribution < 1.29 is 4.79 Å². The summed E-state index contributed by atoms with van der Waals surface area (Å²) in [6, 6.07) is 15.7. The zero-order chi connectivity index (χ0) is 19.3. The van der Waals surface area contributed by atoms with E-state index in [-0.39, 0.29) is 11.9 Å². The Bertz CT molecular complexity index is 923. The van der Waals surface area contributed by atoms with Gasteiger partial charge in [0.1, 0.15) is 6.33 Å². The van der Waals surface area contributed by atoms with Gasteiger partial charge in [0.15, 0.2) is 0 Å². The van der Waals surface area contributed by atoms with E-state index in [0.717, 1.165) is 32.5 Å². The second-order valence-corrected chi connectivity index (χ2v) is 7.36. The summed E-state index contributed by atoms with van der Waals surface area (Å²) in [7, 11) is 0. The lowest BCUT2D eigenvalue weighted by atomic mass is 10.0. The maximum absolute atomic E-state index is 12.9. The van der Waals surface area contributed by atoms with Gasteiger partial charge in [0.05, 0.1) is 11.3 Å². The van der Waals surface area contributed by atoms with Gasteiger partial charge >= 0.3 is 0 Å². The molecule has 1 fully saturated rings. The monoisotopic (exact) mass is 396 g/mol. The number of carbonyl (C=O) groups excluding carboxylic acids is 1. The van der Waals surface area contributed by atoms with E-state index < -0.39 is 0 Å². The summed E-state index contributed by atoms with van der Waals surface area (Å²) in [5.41, 5.74) is 2.39. The van der Waals surface area contributed by atoms with E-state index in [9.17, 15) is 4.79 Å². The molecule has 0 radical (unpaired) electrons. The fourth-order valence-corrected chi connectivity index (χ4v) is 3.66. The fourth-order valence-electron chi connectivity index (χ4n) is 3.50. The van der Waals surface area contributed by atoms with E-state index in [1.165, 1.54) is 16.6 Å². The van der Waals surface area contributed by atoms with Crippen LogP contribution < -0.4 is 5.32 Å². The van der Waals surface area contributed by atoms with Gasteiger partial charge in [-0.05, 0) is 47.0 Å². The number of nitrogens with zero attached hydrogens (tertiary/aromatic N) is 5. The maximum Gasteiger partial charge on any atom is 0.253 e. The SMILES string of the molecule is O=C(NC1CCN(Cc2ccccc2)CC1)c1ccc(Cl)cc1-n1cnnn1. The lowest BCUT2D eigenvalue weighted by molar-refractivity contribution is 0.0909. The second-order valence-electron chi connectivity index (χ2n) is 6.93. The number of aromatic nitrogens is 4. The van der Waals surface area contributed by atoms with Gasteiger partial charge < -0.3 is 5.32 Å². The van der Waals surface area contributed by atoms with E-state index in [4.69, 9.17) is 11.6 Å². The molecule has 1 aliphatic heterocycles. The van der Waals surface area contributed by atoms with Crippen molar-refractivity contribution in [2.75, 3.05) is 13.1 Å². The molecule has 1 amide bonds. The smallest absolute Gasteiger partial charge is 0.253 e. The summed E-state index contributed by atoms with van der Waals surface area (Å²) in [6.45, 7) is 2.86. The molecule has 2 heterocycles. The molecule has 0 atom stereocenters. The third-order valence-corrected chi connectivity index (χ3v) is 5.21. The summed E-state index contributed by atoms with van der Waals surface area (Å²) in [6.07, 6.45) is 3.29. The molecule has 8 heteroatoms. The molecule has 0 spiro atoms. The van der Waals surface area contributed by atoms with Crippen LogP contribution in [0.4, 0.5) is 0 Å². The summed E-state index contributed by atoms with van der Waals surface area (Å²) in [5, 5.41) is 14.8. The topological polar surface area (TPSA) is 75.9 Å². The molecule has 1 aliphatic rings. The van der Waals surface area contributed by atoms with Crippen molar-refractivity contribution in [3.8, 4) is 5.69 Å². The Hall–Kier alpha value is -2.77. The minimum absolute atomic E-state index is 0.135.